The molecule has 6 nitrogen and oxygen atoms in total. The Morgan fingerprint density at radius 2 is 1.95 bits per heavy atom. The van der Waals surface area contributed by atoms with E-state index in [1.807, 2.05) is 18.2 Å². The number of nitrogens with zero attached hydrogens (tertiary/aromatic N) is 4. The van der Waals surface area contributed by atoms with Crippen molar-refractivity contribution < 1.29 is 9.47 Å². The van der Waals surface area contributed by atoms with Gasteiger partial charge in [0.05, 0.1) is 14.2 Å². The maximum atomic E-state index is 9.27. The van der Waals surface area contributed by atoms with Gasteiger partial charge in [-0.15, -0.1) is 5.10 Å². The summed E-state index contributed by atoms with van der Waals surface area (Å²) in [6, 6.07) is 7.65. The monoisotopic (exact) mass is 300 g/mol. The van der Waals surface area contributed by atoms with Gasteiger partial charge >= 0.3 is 0 Å². The van der Waals surface area contributed by atoms with Gasteiger partial charge in [0.25, 0.3) is 0 Å². The van der Waals surface area contributed by atoms with Gasteiger partial charge in [-0.25, -0.2) is 4.68 Å². The van der Waals surface area contributed by atoms with E-state index in [1.165, 1.54) is 0 Å². The van der Waals surface area contributed by atoms with Crippen LogP contribution in [0, 0.1) is 11.3 Å². The number of aryl methyl sites for hydroxylation is 1. The topological polar surface area (TPSA) is 73.0 Å². The molecule has 0 saturated carbocycles. The Hall–Kier alpha value is -2.55. The Balaban J connectivity index is 2.42. The highest BCUT2D eigenvalue weighted by Gasteiger charge is 2.16. The minimum Gasteiger partial charge on any atom is -0.493 e. The maximum absolute atomic E-state index is 9.27. The highest BCUT2D eigenvalue weighted by molar-refractivity contribution is 5.68. The van der Waals surface area contributed by atoms with Crippen LogP contribution in [0.1, 0.15) is 31.9 Å². The van der Waals surface area contributed by atoms with E-state index in [1.54, 1.807) is 18.9 Å². The summed E-state index contributed by atoms with van der Waals surface area (Å²) in [6.07, 6.45) is 3.25. The van der Waals surface area contributed by atoms with Gasteiger partial charge in [0.1, 0.15) is 11.8 Å². The summed E-state index contributed by atoms with van der Waals surface area (Å²) in [5, 5.41) is 17.3. The van der Waals surface area contributed by atoms with E-state index in [0.29, 0.717) is 17.2 Å². The molecule has 0 aliphatic rings. The van der Waals surface area contributed by atoms with Crippen molar-refractivity contribution in [3.63, 3.8) is 0 Å². The van der Waals surface area contributed by atoms with Crippen LogP contribution < -0.4 is 9.47 Å². The summed E-state index contributed by atoms with van der Waals surface area (Å²) in [7, 11) is 3.18. The first-order valence-electron chi connectivity index (χ1n) is 7.31. The number of ether oxygens (including phenoxy) is 2. The molecule has 0 aliphatic carbocycles. The molecule has 0 atom stereocenters. The van der Waals surface area contributed by atoms with Crippen LogP contribution >= 0.6 is 0 Å². The minimum atomic E-state index is 0.323. The fourth-order valence-corrected chi connectivity index (χ4v) is 2.33. The number of unbranched alkanes of at least 4 members (excludes halogenated alkanes) is 2. The average Bonchev–Trinajstić information content (AvgIpc) is 2.97. The van der Waals surface area contributed by atoms with Crippen molar-refractivity contribution in [3.8, 4) is 28.8 Å². The highest BCUT2D eigenvalue weighted by atomic mass is 16.5. The van der Waals surface area contributed by atoms with E-state index in [2.05, 4.69) is 23.3 Å². The summed E-state index contributed by atoms with van der Waals surface area (Å²) in [5.74, 6) is 1.26. The fourth-order valence-electron chi connectivity index (χ4n) is 2.33. The number of rotatable bonds is 7. The lowest BCUT2D eigenvalue weighted by Gasteiger charge is -2.11. The molecule has 0 N–H and O–H groups in total. The second-order valence-electron chi connectivity index (χ2n) is 4.90. The predicted molar refractivity (Wildman–Crippen MR) is 82.8 cm³/mol. The molecule has 0 spiro atoms. The molecule has 2 rings (SSSR count). The Morgan fingerprint density at radius 1 is 1.18 bits per heavy atom. The molecule has 0 fully saturated rings. The zero-order valence-electron chi connectivity index (χ0n) is 13.2. The van der Waals surface area contributed by atoms with E-state index in [-0.39, 0.29) is 0 Å². The van der Waals surface area contributed by atoms with Crippen LogP contribution in [0.5, 0.6) is 11.5 Å². The first kappa shape index (κ1) is 15.8. The van der Waals surface area contributed by atoms with Crippen LogP contribution in [0.25, 0.3) is 11.3 Å². The van der Waals surface area contributed by atoms with Gasteiger partial charge in [-0.1, -0.05) is 25.0 Å². The maximum Gasteiger partial charge on any atom is 0.190 e. The van der Waals surface area contributed by atoms with Crippen LogP contribution in [-0.2, 0) is 6.54 Å². The summed E-state index contributed by atoms with van der Waals surface area (Å²) in [5.41, 5.74) is 1.89. The van der Waals surface area contributed by atoms with E-state index in [9.17, 15) is 5.26 Å². The number of hydrogen-bond acceptors (Lipinski definition) is 5. The lowest BCUT2D eigenvalue weighted by molar-refractivity contribution is 0.355. The van der Waals surface area contributed by atoms with Crippen LogP contribution in [0.3, 0.4) is 0 Å². The number of nitriles is 1. The van der Waals surface area contributed by atoms with Gasteiger partial charge in [-0.05, 0) is 24.6 Å². The summed E-state index contributed by atoms with van der Waals surface area (Å²) < 4.78 is 12.4. The van der Waals surface area contributed by atoms with Crippen molar-refractivity contribution in [2.45, 2.75) is 32.7 Å². The molecule has 22 heavy (non-hydrogen) atoms. The predicted octanol–water partition coefficient (Wildman–Crippen LogP) is 3.02. The zero-order valence-corrected chi connectivity index (χ0v) is 13.2. The molecule has 0 bridgehead atoms. The van der Waals surface area contributed by atoms with Crippen molar-refractivity contribution in [2.75, 3.05) is 14.2 Å². The molecule has 0 aliphatic heterocycles. The quantitative estimate of drug-likeness (QED) is 0.735. The SMILES string of the molecule is CCCCCn1nnc(C#N)c1-c1ccc(OC)c(OC)c1. The first-order valence-corrected chi connectivity index (χ1v) is 7.31. The van der Waals surface area contributed by atoms with Gasteiger partial charge in [0.2, 0.25) is 0 Å². The second-order valence-corrected chi connectivity index (χ2v) is 4.90. The third-order valence-corrected chi connectivity index (χ3v) is 3.47. The number of aromatic nitrogens is 3. The van der Waals surface area contributed by atoms with Crippen molar-refractivity contribution in [1.29, 1.82) is 5.26 Å². The standard InChI is InChI=1S/C16H20N4O2/c1-4-5-6-9-20-16(13(11-17)18-19-20)12-7-8-14(21-2)15(10-12)22-3/h7-8,10H,4-6,9H2,1-3H3. The molecule has 1 aromatic heterocycles. The lowest BCUT2D eigenvalue weighted by Crippen LogP contribution is -2.03. The molecule has 0 amide bonds. The van der Waals surface area contributed by atoms with Crippen LogP contribution in [0.2, 0.25) is 0 Å². The Bertz CT molecular complexity index is 673. The Labute approximate surface area is 130 Å². The third-order valence-electron chi connectivity index (χ3n) is 3.47. The molecule has 1 aromatic carbocycles. The van der Waals surface area contributed by atoms with Crippen molar-refractivity contribution >= 4 is 0 Å². The summed E-state index contributed by atoms with van der Waals surface area (Å²) >= 11 is 0. The van der Waals surface area contributed by atoms with Crippen molar-refractivity contribution in [3.05, 3.63) is 23.9 Å². The van der Waals surface area contributed by atoms with Gasteiger partial charge in [-0.2, -0.15) is 5.26 Å². The highest BCUT2D eigenvalue weighted by Crippen LogP contribution is 2.33. The van der Waals surface area contributed by atoms with Gasteiger partial charge in [0, 0.05) is 12.1 Å². The average molecular weight is 300 g/mol. The van der Waals surface area contributed by atoms with Crippen LogP contribution in [0.15, 0.2) is 18.2 Å². The van der Waals surface area contributed by atoms with Gasteiger partial charge in [-0.3, -0.25) is 0 Å². The Kier molecular flexibility index (Phi) is 5.37. The van der Waals surface area contributed by atoms with Crippen molar-refractivity contribution in [2.24, 2.45) is 0 Å². The molecule has 0 saturated heterocycles. The number of hydrogen-bond donors (Lipinski definition) is 0. The molecular weight excluding hydrogens is 280 g/mol. The third kappa shape index (κ3) is 3.19. The summed E-state index contributed by atoms with van der Waals surface area (Å²) in [4.78, 5) is 0. The number of benzene rings is 1. The van der Waals surface area contributed by atoms with Crippen molar-refractivity contribution in [1.82, 2.24) is 15.0 Å². The molecule has 6 heteroatoms. The minimum absolute atomic E-state index is 0.323. The molecule has 0 unspecified atom stereocenters. The fraction of sp³-hybridized carbons (Fsp3) is 0.438. The normalized spacial score (nSPS) is 10.3. The zero-order chi connectivity index (χ0) is 15.9. The summed E-state index contributed by atoms with van der Waals surface area (Å²) in [6.45, 7) is 2.89. The smallest absolute Gasteiger partial charge is 0.190 e. The van der Waals surface area contributed by atoms with E-state index in [0.717, 1.165) is 37.1 Å². The van der Waals surface area contributed by atoms with E-state index >= 15 is 0 Å². The van der Waals surface area contributed by atoms with Gasteiger partial charge < -0.3 is 9.47 Å². The number of methoxy groups -OCH3 is 2. The molecule has 2 aromatic rings. The van der Waals surface area contributed by atoms with Crippen LogP contribution in [0.4, 0.5) is 0 Å². The van der Waals surface area contributed by atoms with E-state index in [4.69, 9.17) is 9.47 Å². The largest absolute Gasteiger partial charge is 0.493 e. The molecule has 1 heterocycles. The first-order chi connectivity index (χ1) is 10.7. The molecule has 0 radical (unpaired) electrons. The van der Waals surface area contributed by atoms with E-state index < -0.39 is 0 Å². The second kappa shape index (κ2) is 7.46. The van der Waals surface area contributed by atoms with Gasteiger partial charge in [0.15, 0.2) is 17.2 Å². The lowest BCUT2D eigenvalue weighted by atomic mass is 10.1. The Morgan fingerprint density at radius 3 is 2.59 bits per heavy atom. The molecular formula is C16H20N4O2. The molecule has 116 valence electrons. The van der Waals surface area contributed by atoms with Crippen LogP contribution in [-0.4, -0.2) is 29.2 Å².